The third-order valence-electron chi connectivity index (χ3n) is 2.94. The molecule has 0 aromatic rings. The Morgan fingerprint density at radius 3 is 2.25 bits per heavy atom. The zero-order chi connectivity index (χ0) is 17.8. The van der Waals surface area contributed by atoms with Crippen molar-refractivity contribution in [3.63, 3.8) is 0 Å². The fourth-order valence-corrected chi connectivity index (χ4v) is 1.72. The number of carbonyl (C=O) groups is 3. The van der Waals surface area contributed by atoms with Gasteiger partial charge in [0.05, 0.1) is 33.0 Å². The van der Waals surface area contributed by atoms with E-state index in [9.17, 15) is 14.4 Å². The third kappa shape index (κ3) is 7.68. The van der Waals surface area contributed by atoms with Gasteiger partial charge in [-0.15, -0.1) is 0 Å². The van der Waals surface area contributed by atoms with Crippen LogP contribution in [0, 0.1) is 0 Å². The Labute approximate surface area is 139 Å². The predicted molar refractivity (Wildman–Crippen MR) is 77.8 cm³/mol. The Bertz CT molecular complexity index is 399. The van der Waals surface area contributed by atoms with Crippen molar-refractivity contribution in [1.29, 1.82) is 0 Å². The fraction of sp³-hybridized carbons (Fsp3) is 0.786. The van der Waals surface area contributed by atoms with Crippen LogP contribution in [-0.2, 0) is 38.1 Å². The summed E-state index contributed by atoms with van der Waals surface area (Å²) in [6.45, 7) is 1.45. The monoisotopic (exact) mass is 349 g/mol. The first kappa shape index (κ1) is 20.3. The van der Waals surface area contributed by atoms with E-state index in [0.29, 0.717) is 24.9 Å². The first-order valence-electron chi connectivity index (χ1n) is 7.46. The average Bonchev–Trinajstić information content (AvgIpc) is 2.88. The van der Waals surface area contributed by atoms with Crippen LogP contribution < -0.4 is 0 Å². The van der Waals surface area contributed by atoms with Crippen molar-refractivity contribution in [3.05, 3.63) is 0 Å². The van der Waals surface area contributed by atoms with E-state index in [1.165, 1.54) is 7.11 Å². The minimum Gasteiger partial charge on any atom is -0.430 e. The highest BCUT2D eigenvalue weighted by atomic mass is 16.8. The van der Waals surface area contributed by atoms with Gasteiger partial charge in [-0.2, -0.15) is 0 Å². The zero-order valence-corrected chi connectivity index (χ0v) is 13.9. The number of imide groups is 1. The van der Waals surface area contributed by atoms with Gasteiger partial charge in [0, 0.05) is 27.1 Å². The van der Waals surface area contributed by atoms with Crippen LogP contribution in [0.5, 0.6) is 0 Å². The summed E-state index contributed by atoms with van der Waals surface area (Å²) in [5.74, 6) is -1.15. The van der Waals surface area contributed by atoms with Crippen LogP contribution in [0.4, 0.5) is 4.79 Å². The lowest BCUT2D eigenvalue weighted by Crippen LogP contribution is -2.34. The summed E-state index contributed by atoms with van der Waals surface area (Å²) in [5.41, 5.74) is 0. The molecule has 0 bridgehead atoms. The van der Waals surface area contributed by atoms with E-state index in [0.717, 1.165) is 0 Å². The molecule has 1 rings (SSSR count). The van der Waals surface area contributed by atoms with Crippen molar-refractivity contribution >= 4 is 18.0 Å². The van der Waals surface area contributed by atoms with Crippen molar-refractivity contribution in [3.8, 4) is 0 Å². The van der Waals surface area contributed by atoms with Gasteiger partial charge in [-0.1, -0.05) is 5.06 Å². The molecule has 10 nitrogen and oxygen atoms in total. The van der Waals surface area contributed by atoms with Crippen LogP contribution in [0.2, 0.25) is 0 Å². The number of carbonyl (C=O) groups excluding carboxylic acids is 3. The summed E-state index contributed by atoms with van der Waals surface area (Å²) in [7, 11) is 3.08. The maximum absolute atomic E-state index is 11.6. The zero-order valence-electron chi connectivity index (χ0n) is 13.9. The van der Waals surface area contributed by atoms with Crippen molar-refractivity contribution < 1.29 is 42.9 Å². The number of hydroxylamine groups is 2. The fourth-order valence-electron chi connectivity index (χ4n) is 1.72. The molecular formula is C14H23NO9. The predicted octanol–water partition coefficient (Wildman–Crippen LogP) is -0.102. The first-order valence-corrected chi connectivity index (χ1v) is 7.46. The molecule has 1 saturated heterocycles. The molecule has 0 radical (unpaired) electrons. The number of nitrogens with zero attached hydrogens (tertiary/aromatic N) is 1. The molecule has 0 aromatic heterocycles. The molecule has 2 amide bonds. The van der Waals surface area contributed by atoms with Gasteiger partial charge < -0.3 is 23.7 Å². The number of amides is 2. The summed E-state index contributed by atoms with van der Waals surface area (Å²) in [4.78, 5) is 38.8. The Morgan fingerprint density at radius 1 is 1.00 bits per heavy atom. The lowest BCUT2D eigenvalue weighted by molar-refractivity contribution is -0.178. The number of rotatable bonds is 12. The summed E-state index contributed by atoms with van der Waals surface area (Å²) in [6, 6.07) is 0. The average molecular weight is 349 g/mol. The summed E-state index contributed by atoms with van der Waals surface area (Å²) in [6.07, 6.45) is -1.67. The van der Waals surface area contributed by atoms with Gasteiger partial charge in [0.25, 0.3) is 11.8 Å². The number of methoxy groups -OCH3 is 2. The van der Waals surface area contributed by atoms with E-state index in [2.05, 4.69) is 4.84 Å². The Morgan fingerprint density at radius 2 is 1.62 bits per heavy atom. The quantitative estimate of drug-likeness (QED) is 0.271. The van der Waals surface area contributed by atoms with E-state index in [-0.39, 0.29) is 32.7 Å². The SMILES string of the molecule is COCCOCC(COC(=O)ON1C(=O)CCC1=O)OCCOC. The van der Waals surface area contributed by atoms with Crippen LogP contribution >= 0.6 is 0 Å². The highest BCUT2D eigenvalue weighted by molar-refractivity contribution is 6.01. The van der Waals surface area contributed by atoms with Gasteiger partial charge in [0.15, 0.2) is 0 Å². The molecule has 24 heavy (non-hydrogen) atoms. The standard InChI is InChI=1S/C14H23NO9/c1-19-5-7-21-9-11(22-8-6-20-2)10-23-14(18)24-15-12(16)3-4-13(15)17/h11H,3-10H2,1-2H3. The maximum Gasteiger partial charge on any atom is 0.534 e. The summed E-state index contributed by atoms with van der Waals surface area (Å²) in [5, 5.41) is 0.415. The molecule has 1 fully saturated rings. The number of ether oxygens (including phenoxy) is 5. The lowest BCUT2D eigenvalue weighted by atomic mass is 10.4. The first-order chi connectivity index (χ1) is 11.6. The highest BCUT2D eigenvalue weighted by Crippen LogP contribution is 2.12. The number of hydrogen-bond donors (Lipinski definition) is 0. The summed E-state index contributed by atoms with van der Waals surface area (Å²) >= 11 is 0. The van der Waals surface area contributed by atoms with Crippen LogP contribution in [0.15, 0.2) is 0 Å². The normalized spacial score (nSPS) is 15.7. The Balaban J connectivity index is 2.33. The Hall–Kier alpha value is -1.75. The highest BCUT2D eigenvalue weighted by Gasteiger charge is 2.33. The molecule has 0 N–H and O–H groups in total. The van der Waals surface area contributed by atoms with E-state index >= 15 is 0 Å². The maximum atomic E-state index is 11.6. The van der Waals surface area contributed by atoms with Crippen molar-refractivity contribution in [2.24, 2.45) is 0 Å². The molecule has 1 unspecified atom stereocenters. The van der Waals surface area contributed by atoms with Gasteiger partial charge >= 0.3 is 6.16 Å². The molecule has 1 heterocycles. The van der Waals surface area contributed by atoms with Crippen LogP contribution in [0.1, 0.15) is 12.8 Å². The second-order valence-corrected chi connectivity index (χ2v) is 4.79. The lowest BCUT2D eigenvalue weighted by Gasteiger charge is -2.18. The largest absolute Gasteiger partial charge is 0.534 e. The van der Waals surface area contributed by atoms with Gasteiger partial charge in [0.1, 0.15) is 12.7 Å². The molecule has 0 saturated carbocycles. The topological polar surface area (TPSA) is 110 Å². The molecule has 0 spiro atoms. The molecule has 1 atom stereocenters. The van der Waals surface area contributed by atoms with Gasteiger partial charge in [0.2, 0.25) is 0 Å². The second kappa shape index (κ2) is 11.7. The minimum atomic E-state index is -1.16. The molecular weight excluding hydrogens is 326 g/mol. The van der Waals surface area contributed by atoms with Gasteiger partial charge in [-0.05, 0) is 0 Å². The molecule has 10 heteroatoms. The second-order valence-electron chi connectivity index (χ2n) is 4.79. The molecule has 1 aliphatic heterocycles. The van der Waals surface area contributed by atoms with Crippen LogP contribution in [0.25, 0.3) is 0 Å². The summed E-state index contributed by atoms with van der Waals surface area (Å²) < 4.78 is 25.4. The van der Waals surface area contributed by atoms with Crippen LogP contribution in [-0.4, -0.2) is 83.0 Å². The Kier molecular flexibility index (Phi) is 9.92. The smallest absolute Gasteiger partial charge is 0.430 e. The van der Waals surface area contributed by atoms with Crippen molar-refractivity contribution in [2.75, 3.05) is 53.9 Å². The van der Waals surface area contributed by atoms with E-state index in [1.54, 1.807) is 7.11 Å². The molecule has 1 aliphatic rings. The van der Waals surface area contributed by atoms with E-state index in [1.807, 2.05) is 0 Å². The number of hydrogen-bond acceptors (Lipinski definition) is 9. The minimum absolute atomic E-state index is 0.0161. The third-order valence-corrected chi connectivity index (χ3v) is 2.94. The van der Waals surface area contributed by atoms with Crippen LogP contribution in [0.3, 0.4) is 0 Å². The van der Waals surface area contributed by atoms with Crippen molar-refractivity contribution in [1.82, 2.24) is 5.06 Å². The molecule has 0 aromatic carbocycles. The molecule has 138 valence electrons. The van der Waals surface area contributed by atoms with E-state index < -0.39 is 24.1 Å². The molecule has 0 aliphatic carbocycles. The van der Waals surface area contributed by atoms with Gasteiger partial charge in [-0.25, -0.2) is 4.79 Å². The van der Waals surface area contributed by atoms with E-state index in [4.69, 9.17) is 23.7 Å². The van der Waals surface area contributed by atoms with Crippen molar-refractivity contribution in [2.45, 2.75) is 18.9 Å². The van der Waals surface area contributed by atoms with Gasteiger partial charge in [-0.3, -0.25) is 14.4 Å².